The first-order valence-electron chi connectivity index (χ1n) is 10.3. The van der Waals surface area contributed by atoms with Crippen molar-refractivity contribution in [1.29, 1.82) is 0 Å². The fourth-order valence-electron chi connectivity index (χ4n) is 3.35. The maximum atomic E-state index is 4.73. The molecule has 2 rings (SSSR count). The van der Waals surface area contributed by atoms with E-state index in [-0.39, 0.29) is 11.6 Å². The van der Waals surface area contributed by atoms with E-state index in [2.05, 4.69) is 79.1 Å². The topological polar surface area (TPSA) is 66.3 Å². The first kappa shape index (κ1) is 22.0. The van der Waals surface area contributed by atoms with Crippen molar-refractivity contribution < 1.29 is 0 Å². The van der Waals surface area contributed by atoms with Crippen LogP contribution in [0.25, 0.3) is 0 Å². The predicted octanol–water partition coefficient (Wildman–Crippen LogP) is 3.38. The van der Waals surface area contributed by atoms with Gasteiger partial charge < -0.3 is 16.0 Å². The number of aliphatic imine (C=N–C) groups is 1. The minimum Gasteiger partial charge on any atom is -0.357 e. The van der Waals surface area contributed by atoms with Gasteiger partial charge in [-0.15, -0.1) is 0 Å². The van der Waals surface area contributed by atoms with Gasteiger partial charge >= 0.3 is 0 Å². The molecule has 0 amide bonds. The zero-order valence-corrected chi connectivity index (χ0v) is 18.0. The second-order valence-electron chi connectivity index (χ2n) is 7.26. The number of nitrogens with one attached hydrogen (secondary N) is 3. The molecule has 1 aromatic carbocycles. The van der Waals surface area contributed by atoms with Crippen LogP contribution in [0.15, 0.2) is 47.6 Å². The summed E-state index contributed by atoms with van der Waals surface area (Å²) in [6.07, 6.45) is 3.88. The van der Waals surface area contributed by atoms with Gasteiger partial charge in [-0.1, -0.05) is 44.2 Å². The molecule has 0 spiro atoms. The van der Waals surface area contributed by atoms with Gasteiger partial charge in [-0.05, 0) is 38.3 Å². The molecule has 0 fully saturated rings. The fraction of sp³-hybridized carbons (Fsp3) is 0.545. The Morgan fingerprint density at radius 2 is 1.82 bits per heavy atom. The number of aromatic nitrogens is 2. The summed E-state index contributed by atoms with van der Waals surface area (Å²) in [6.45, 7) is 11.1. The van der Waals surface area contributed by atoms with Crippen LogP contribution in [0.2, 0.25) is 0 Å². The minimum atomic E-state index is -0.00201. The summed E-state index contributed by atoms with van der Waals surface area (Å²) in [5, 5.41) is 15.0. The Hall–Kier alpha value is -2.34. The maximum absolute atomic E-state index is 4.73. The van der Waals surface area contributed by atoms with Crippen molar-refractivity contribution in [3.05, 3.63) is 53.9 Å². The van der Waals surface area contributed by atoms with Crippen LogP contribution in [0.4, 0.5) is 0 Å². The molecule has 0 aliphatic heterocycles. The van der Waals surface area contributed by atoms with Gasteiger partial charge in [0.1, 0.15) is 0 Å². The highest BCUT2D eigenvalue weighted by molar-refractivity contribution is 5.79. The van der Waals surface area contributed by atoms with Gasteiger partial charge in [-0.2, -0.15) is 5.10 Å². The summed E-state index contributed by atoms with van der Waals surface area (Å²) in [7, 11) is 1.94. The van der Waals surface area contributed by atoms with E-state index in [0.717, 1.165) is 37.6 Å². The third-order valence-electron chi connectivity index (χ3n) is 5.44. The van der Waals surface area contributed by atoms with E-state index < -0.39 is 0 Å². The Kier molecular flexibility index (Phi) is 8.51. The summed E-state index contributed by atoms with van der Waals surface area (Å²) >= 11 is 0. The fourth-order valence-corrected chi connectivity index (χ4v) is 3.35. The van der Waals surface area contributed by atoms with E-state index in [9.17, 15) is 0 Å². The van der Waals surface area contributed by atoms with Gasteiger partial charge in [0.25, 0.3) is 0 Å². The van der Waals surface area contributed by atoms with Crippen LogP contribution in [0.1, 0.15) is 57.8 Å². The van der Waals surface area contributed by atoms with Crippen molar-refractivity contribution in [1.82, 2.24) is 25.7 Å². The summed E-state index contributed by atoms with van der Waals surface area (Å²) < 4.78 is 1.86. The molecule has 1 aromatic heterocycles. The molecule has 0 aliphatic rings. The molecule has 0 aliphatic carbocycles. The first-order chi connectivity index (χ1) is 13.5. The predicted molar refractivity (Wildman–Crippen MR) is 117 cm³/mol. The Morgan fingerprint density at radius 1 is 1.11 bits per heavy atom. The lowest BCUT2D eigenvalue weighted by Gasteiger charge is -2.37. The molecule has 2 aromatic rings. The third-order valence-corrected chi connectivity index (χ3v) is 5.44. The summed E-state index contributed by atoms with van der Waals surface area (Å²) in [4.78, 5) is 4.73. The van der Waals surface area contributed by atoms with Crippen LogP contribution < -0.4 is 16.0 Å². The van der Waals surface area contributed by atoms with Crippen molar-refractivity contribution in [2.75, 3.05) is 13.1 Å². The summed E-state index contributed by atoms with van der Waals surface area (Å²) in [5.74, 6) is 0.837. The maximum Gasteiger partial charge on any atom is 0.191 e. The molecule has 0 saturated heterocycles. The van der Waals surface area contributed by atoms with Crippen LogP contribution in [0.3, 0.4) is 0 Å². The zero-order valence-electron chi connectivity index (χ0n) is 18.0. The molecular weight excluding hydrogens is 348 g/mol. The van der Waals surface area contributed by atoms with E-state index >= 15 is 0 Å². The second-order valence-corrected chi connectivity index (χ2v) is 7.26. The second kappa shape index (κ2) is 10.9. The molecule has 1 unspecified atom stereocenters. The Labute approximate surface area is 169 Å². The van der Waals surface area contributed by atoms with Crippen molar-refractivity contribution in [3.63, 3.8) is 0 Å². The van der Waals surface area contributed by atoms with Gasteiger partial charge in [-0.3, -0.25) is 4.68 Å². The van der Waals surface area contributed by atoms with E-state index in [0.29, 0.717) is 6.54 Å². The average molecular weight is 385 g/mol. The summed E-state index contributed by atoms with van der Waals surface area (Å²) in [5.41, 5.74) is 2.40. The zero-order chi connectivity index (χ0) is 20.4. The van der Waals surface area contributed by atoms with Crippen LogP contribution in [-0.2, 0) is 13.6 Å². The van der Waals surface area contributed by atoms with Crippen molar-refractivity contribution >= 4 is 5.96 Å². The first-order valence-corrected chi connectivity index (χ1v) is 10.3. The highest BCUT2D eigenvalue weighted by atomic mass is 15.3. The van der Waals surface area contributed by atoms with Crippen LogP contribution in [0, 0.1) is 0 Å². The van der Waals surface area contributed by atoms with Crippen molar-refractivity contribution in [2.24, 2.45) is 12.0 Å². The van der Waals surface area contributed by atoms with E-state index in [4.69, 9.17) is 4.99 Å². The van der Waals surface area contributed by atoms with Gasteiger partial charge in [0.05, 0.1) is 12.2 Å². The molecule has 1 atom stereocenters. The number of aryl methyl sites for hydroxylation is 1. The standard InChI is InChI=1S/C22H36N6/c1-6-22(7-2,27-18(4)19-12-10-9-11-13-19)17-25-21(23-8-3)24-16-20-14-15-26-28(20)5/h9-15,18,27H,6-8,16-17H2,1-5H3,(H2,23,24,25). The Bertz CT molecular complexity index is 718. The largest absolute Gasteiger partial charge is 0.357 e. The molecule has 1 heterocycles. The molecule has 0 bridgehead atoms. The van der Waals surface area contributed by atoms with E-state index in [1.54, 1.807) is 6.20 Å². The quantitative estimate of drug-likeness (QED) is 0.434. The lowest BCUT2D eigenvalue weighted by atomic mass is 9.90. The lowest BCUT2D eigenvalue weighted by Crippen LogP contribution is -2.55. The van der Waals surface area contributed by atoms with E-state index in [1.165, 1.54) is 5.56 Å². The average Bonchev–Trinajstić information content (AvgIpc) is 3.14. The Morgan fingerprint density at radius 3 is 2.39 bits per heavy atom. The van der Waals surface area contributed by atoms with Crippen LogP contribution in [0.5, 0.6) is 0 Å². The number of benzene rings is 1. The number of rotatable bonds is 10. The van der Waals surface area contributed by atoms with Gasteiger partial charge in [0.2, 0.25) is 0 Å². The van der Waals surface area contributed by atoms with Crippen LogP contribution >= 0.6 is 0 Å². The molecule has 3 N–H and O–H groups in total. The molecular formula is C22H36N6. The van der Waals surface area contributed by atoms with Crippen molar-refractivity contribution in [2.45, 2.75) is 58.7 Å². The molecule has 154 valence electrons. The summed E-state index contributed by atoms with van der Waals surface area (Å²) in [6, 6.07) is 12.9. The third kappa shape index (κ3) is 6.09. The van der Waals surface area contributed by atoms with Crippen LogP contribution in [-0.4, -0.2) is 34.4 Å². The molecule has 0 saturated carbocycles. The molecule has 6 nitrogen and oxygen atoms in total. The monoisotopic (exact) mass is 384 g/mol. The minimum absolute atomic E-state index is 0.00201. The van der Waals surface area contributed by atoms with Gasteiger partial charge in [-0.25, -0.2) is 4.99 Å². The SMILES string of the molecule is CCNC(=NCc1ccnn1C)NCC(CC)(CC)NC(C)c1ccccc1. The normalized spacial score (nSPS) is 13.4. The molecule has 0 radical (unpaired) electrons. The number of nitrogens with zero attached hydrogens (tertiary/aromatic N) is 3. The Balaban J connectivity index is 2.04. The number of hydrogen-bond donors (Lipinski definition) is 3. The van der Waals surface area contributed by atoms with Gasteiger partial charge in [0.15, 0.2) is 5.96 Å². The number of guanidine groups is 1. The number of hydrogen-bond acceptors (Lipinski definition) is 3. The smallest absolute Gasteiger partial charge is 0.191 e. The lowest BCUT2D eigenvalue weighted by molar-refractivity contribution is 0.271. The molecule has 6 heteroatoms. The highest BCUT2D eigenvalue weighted by Crippen LogP contribution is 2.21. The van der Waals surface area contributed by atoms with Gasteiger partial charge in [0, 0.05) is 37.9 Å². The highest BCUT2D eigenvalue weighted by Gasteiger charge is 2.28. The van der Waals surface area contributed by atoms with Crippen molar-refractivity contribution in [3.8, 4) is 0 Å². The molecule has 28 heavy (non-hydrogen) atoms. The van der Waals surface area contributed by atoms with E-state index in [1.807, 2.05) is 17.8 Å².